The van der Waals surface area contributed by atoms with Gasteiger partial charge in [0.05, 0.1) is 6.42 Å². The van der Waals surface area contributed by atoms with Gasteiger partial charge in [-0.15, -0.1) is 0 Å². The summed E-state index contributed by atoms with van der Waals surface area (Å²) in [4.78, 5) is 14.5. The first-order chi connectivity index (χ1) is 6.09. The van der Waals surface area contributed by atoms with E-state index in [0.717, 1.165) is 11.3 Å². The first-order valence-corrected chi connectivity index (χ1v) is 4.24. The quantitative estimate of drug-likeness (QED) is 0.771. The van der Waals surface area contributed by atoms with Crippen LogP contribution in [0.25, 0.3) is 0 Å². The summed E-state index contributed by atoms with van der Waals surface area (Å²) in [6, 6.07) is 3.82. The highest BCUT2D eigenvalue weighted by Crippen LogP contribution is 2.17. The van der Waals surface area contributed by atoms with Gasteiger partial charge in [0.15, 0.2) is 0 Å². The van der Waals surface area contributed by atoms with Gasteiger partial charge in [-0.2, -0.15) is 0 Å². The molecule has 1 atom stereocenters. The van der Waals surface area contributed by atoms with Crippen LogP contribution >= 0.6 is 0 Å². The predicted molar refractivity (Wildman–Crippen MR) is 49.6 cm³/mol. The summed E-state index contributed by atoms with van der Waals surface area (Å²) in [5.41, 5.74) is 1.93. The Labute approximate surface area is 77.4 Å². The molecule has 1 aromatic heterocycles. The van der Waals surface area contributed by atoms with Crippen molar-refractivity contribution < 1.29 is 9.90 Å². The molecule has 0 aromatic carbocycles. The zero-order valence-corrected chi connectivity index (χ0v) is 7.82. The highest BCUT2D eigenvalue weighted by atomic mass is 16.4. The molecule has 0 aliphatic carbocycles. The molecular weight excluding hydrogens is 166 g/mol. The Kier molecular flexibility index (Phi) is 3.01. The Morgan fingerprint density at radius 3 is 2.77 bits per heavy atom. The van der Waals surface area contributed by atoms with Crippen molar-refractivity contribution in [2.75, 3.05) is 0 Å². The van der Waals surface area contributed by atoms with Crippen molar-refractivity contribution in [3.05, 3.63) is 29.6 Å². The van der Waals surface area contributed by atoms with Crippen LogP contribution in [0.2, 0.25) is 0 Å². The molecule has 1 unspecified atom stereocenters. The van der Waals surface area contributed by atoms with Gasteiger partial charge in [-0.1, -0.05) is 13.0 Å². The van der Waals surface area contributed by atoms with Crippen molar-refractivity contribution in [2.45, 2.75) is 26.2 Å². The van der Waals surface area contributed by atoms with Crippen molar-refractivity contribution in [2.24, 2.45) is 0 Å². The van der Waals surface area contributed by atoms with Gasteiger partial charge in [0, 0.05) is 11.9 Å². The van der Waals surface area contributed by atoms with Crippen molar-refractivity contribution in [1.29, 1.82) is 0 Å². The average molecular weight is 179 g/mol. The third-order valence-electron chi connectivity index (χ3n) is 1.98. The van der Waals surface area contributed by atoms with Crippen LogP contribution in [0.4, 0.5) is 0 Å². The van der Waals surface area contributed by atoms with E-state index >= 15 is 0 Å². The fraction of sp³-hybridized carbons (Fsp3) is 0.400. The minimum atomic E-state index is -0.770. The number of hydrogen-bond donors (Lipinski definition) is 1. The van der Waals surface area contributed by atoms with Crippen LogP contribution in [0.5, 0.6) is 0 Å². The number of pyridine rings is 1. The number of nitrogens with zero attached hydrogens (tertiary/aromatic N) is 1. The van der Waals surface area contributed by atoms with E-state index < -0.39 is 5.97 Å². The second-order valence-corrected chi connectivity index (χ2v) is 3.23. The smallest absolute Gasteiger partial charge is 0.303 e. The molecule has 0 saturated heterocycles. The Balaban J connectivity index is 2.71. The van der Waals surface area contributed by atoms with Crippen LogP contribution in [0.3, 0.4) is 0 Å². The topological polar surface area (TPSA) is 50.2 Å². The van der Waals surface area contributed by atoms with E-state index in [-0.39, 0.29) is 12.3 Å². The minimum absolute atomic E-state index is 0.0330. The zero-order valence-electron chi connectivity index (χ0n) is 7.82. The molecule has 3 nitrogen and oxygen atoms in total. The van der Waals surface area contributed by atoms with Gasteiger partial charge in [0.2, 0.25) is 0 Å². The largest absolute Gasteiger partial charge is 0.481 e. The molecular formula is C10H13NO2. The lowest BCUT2D eigenvalue weighted by atomic mass is 10.00. The number of aromatic nitrogens is 1. The molecule has 0 saturated carbocycles. The van der Waals surface area contributed by atoms with E-state index in [0.29, 0.717) is 0 Å². The summed E-state index contributed by atoms with van der Waals surface area (Å²) in [6.45, 7) is 3.80. The maximum atomic E-state index is 10.4. The lowest BCUT2D eigenvalue weighted by molar-refractivity contribution is -0.137. The minimum Gasteiger partial charge on any atom is -0.481 e. The Morgan fingerprint density at radius 2 is 2.31 bits per heavy atom. The zero-order chi connectivity index (χ0) is 9.84. The standard InChI is InChI=1S/C10H13NO2/c1-7(5-10(12)13)9-4-3-8(2)11-6-9/h3-4,6-7H,5H2,1-2H3,(H,12,13). The van der Waals surface area contributed by atoms with E-state index in [1.54, 1.807) is 6.20 Å². The van der Waals surface area contributed by atoms with Crippen LogP contribution in [0, 0.1) is 6.92 Å². The molecule has 3 heteroatoms. The fourth-order valence-electron chi connectivity index (χ4n) is 1.15. The lowest BCUT2D eigenvalue weighted by Crippen LogP contribution is -2.03. The van der Waals surface area contributed by atoms with Crippen molar-refractivity contribution in [3.63, 3.8) is 0 Å². The molecule has 0 aliphatic rings. The first-order valence-electron chi connectivity index (χ1n) is 4.24. The molecule has 0 spiro atoms. The lowest BCUT2D eigenvalue weighted by Gasteiger charge is -2.07. The first kappa shape index (κ1) is 9.71. The van der Waals surface area contributed by atoms with Crippen LogP contribution < -0.4 is 0 Å². The summed E-state index contributed by atoms with van der Waals surface area (Å²) >= 11 is 0. The third-order valence-corrected chi connectivity index (χ3v) is 1.98. The van der Waals surface area contributed by atoms with Crippen LogP contribution in [0.1, 0.15) is 30.5 Å². The maximum absolute atomic E-state index is 10.4. The van der Waals surface area contributed by atoms with Gasteiger partial charge in [0.25, 0.3) is 0 Å². The summed E-state index contributed by atoms with van der Waals surface area (Å²) < 4.78 is 0. The Bertz CT molecular complexity index is 292. The van der Waals surface area contributed by atoms with Crippen molar-refractivity contribution >= 4 is 5.97 Å². The molecule has 0 radical (unpaired) electrons. The number of carbonyl (C=O) groups is 1. The number of aryl methyl sites for hydroxylation is 1. The molecule has 0 bridgehead atoms. The van der Waals surface area contributed by atoms with E-state index in [2.05, 4.69) is 4.98 Å². The van der Waals surface area contributed by atoms with Crippen LogP contribution in [0.15, 0.2) is 18.3 Å². The SMILES string of the molecule is Cc1ccc(C(C)CC(=O)O)cn1. The number of rotatable bonds is 3. The molecule has 0 aliphatic heterocycles. The molecule has 1 aromatic rings. The van der Waals surface area contributed by atoms with E-state index in [4.69, 9.17) is 5.11 Å². The third kappa shape index (κ3) is 2.86. The summed E-state index contributed by atoms with van der Waals surface area (Å²) in [7, 11) is 0. The summed E-state index contributed by atoms with van der Waals surface area (Å²) in [6.07, 6.45) is 1.90. The monoisotopic (exact) mass is 179 g/mol. The molecule has 0 fully saturated rings. The Morgan fingerprint density at radius 1 is 1.62 bits per heavy atom. The Hall–Kier alpha value is -1.38. The van der Waals surface area contributed by atoms with Crippen molar-refractivity contribution in [3.8, 4) is 0 Å². The second kappa shape index (κ2) is 4.03. The van der Waals surface area contributed by atoms with Crippen molar-refractivity contribution in [1.82, 2.24) is 4.98 Å². The number of carboxylic acid groups (broad SMARTS) is 1. The number of carboxylic acids is 1. The normalized spacial score (nSPS) is 12.5. The van der Waals surface area contributed by atoms with Crippen LogP contribution in [-0.2, 0) is 4.79 Å². The van der Waals surface area contributed by atoms with E-state index in [1.807, 2.05) is 26.0 Å². The van der Waals surface area contributed by atoms with Gasteiger partial charge in [-0.25, -0.2) is 0 Å². The van der Waals surface area contributed by atoms with Crippen LogP contribution in [-0.4, -0.2) is 16.1 Å². The van der Waals surface area contributed by atoms with Gasteiger partial charge >= 0.3 is 5.97 Å². The highest BCUT2D eigenvalue weighted by molar-refractivity contribution is 5.67. The van der Waals surface area contributed by atoms with Gasteiger partial charge in [0.1, 0.15) is 0 Å². The summed E-state index contributed by atoms with van der Waals surface area (Å²) in [5.74, 6) is -0.737. The number of aliphatic carboxylic acids is 1. The predicted octanol–water partition coefficient (Wildman–Crippen LogP) is 1.97. The maximum Gasteiger partial charge on any atom is 0.303 e. The van der Waals surface area contributed by atoms with Gasteiger partial charge in [-0.3, -0.25) is 9.78 Å². The molecule has 70 valence electrons. The molecule has 13 heavy (non-hydrogen) atoms. The molecule has 0 amide bonds. The number of hydrogen-bond acceptors (Lipinski definition) is 2. The van der Waals surface area contributed by atoms with Gasteiger partial charge < -0.3 is 5.11 Å². The summed E-state index contributed by atoms with van der Waals surface area (Å²) in [5, 5.41) is 8.58. The molecule has 1 N–H and O–H groups in total. The molecule has 1 heterocycles. The average Bonchev–Trinajstić information content (AvgIpc) is 2.04. The van der Waals surface area contributed by atoms with Gasteiger partial charge in [-0.05, 0) is 24.5 Å². The second-order valence-electron chi connectivity index (χ2n) is 3.23. The van der Waals surface area contributed by atoms with E-state index in [9.17, 15) is 4.79 Å². The fourth-order valence-corrected chi connectivity index (χ4v) is 1.15. The van der Waals surface area contributed by atoms with E-state index in [1.165, 1.54) is 0 Å². The highest BCUT2D eigenvalue weighted by Gasteiger charge is 2.09. The molecule has 1 rings (SSSR count).